The van der Waals surface area contributed by atoms with Crippen molar-refractivity contribution in [3.8, 4) is 0 Å². The normalized spacial score (nSPS) is 12.5. The van der Waals surface area contributed by atoms with Gasteiger partial charge in [0.05, 0.1) is 5.41 Å². The van der Waals surface area contributed by atoms with E-state index in [1.54, 1.807) is 13.0 Å². The maximum Gasteiger partial charge on any atom is 0.413 e. The molecule has 1 aromatic rings. The van der Waals surface area contributed by atoms with Gasteiger partial charge in [0.25, 0.3) is 0 Å². The van der Waals surface area contributed by atoms with E-state index in [4.69, 9.17) is 5.11 Å². The van der Waals surface area contributed by atoms with Crippen molar-refractivity contribution in [1.82, 2.24) is 9.71 Å². The predicted octanol–water partition coefficient (Wildman–Crippen LogP) is 1.87. The van der Waals surface area contributed by atoms with Crippen molar-refractivity contribution >= 4 is 21.9 Å². The summed E-state index contributed by atoms with van der Waals surface area (Å²) in [5.41, 5.74) is 0.745. The van der Waals surface area contributed by atoms with Gasteiger partial charge in [-0.3, -0.25) is 4.90 Å². The minimum atomic E-state index is -4.76. The van der Waals surface area contributed by atoms with E-state index >= 15 is 0 Å². The molecule has 1 aromatic heterocycles. The highest BCUT2D eigenvalue weighted by Gasteiger charge is 2.24. The number of amides is 1. The van der Waals surface area contributed by atoms with Gasteiger partial charge in [0.2, 0.25) is 10.0 Å². The van der Waals surface area contributed by atoms with Crippen LogP contribution in [0.3, 0.4) is 0 Å². The van der Waals surface area contributed by atoms with E-state index in [9.17, 15) is 26.4 Å². The zero-order valence-electron chi connectivity index (χ0n) is 11.9. The van der Waals surface area contributed by atoms with Crippen molar-refractivity contribution in [2.24, 2.45) is 0 Å². The van der Waals surface area contributed by atoms with Gasteiger partial charge in [0.15, 0.2) is 0 Å². The fraction of sp³-hybridized carbons (Fsp3) is 0.333. The van der Waals surface area contributed by atoms with E-state index < -0.39 is 34.9 Å². The predicted molar refractivity (Wildman–Crippen MR) is 76.5 cm³/mol. The number of nitrogens with one attached hydrogen (secondary N) is 1. The molecule has 0 saturated heterocycles. The highest BCUT2D eigenvalue weighted by atomic mass is 32.2. The summed E-state index contributed by atoms with van der Waals surface area (Å²) in [6, 6.07) is 3.13. The highest BCUT2D eigenvalue weighted by Crippen LogP contribution is 2.16. The van der Waals surface area contributed by atoms with E-state index in [-0.39, 0.29) is 17.8 Å². The first-order valence-electron chi connectivity index (χ1n) is 6.19. The average molecular weight is 353 g/mol. The van der Waals surface area contributed by atoms with Crippen LogP contribution in [0.2, 0.25) is 0 Å². The Morgan fingerprint density at radius 2 is 2.13 bits per heavy atom. The third-order valence-corrected chi connectivity index (χ3v) is 3.58. The minimum absolute atomic E-state index is 0.0248. The number of hydrogen-bond donors (Lipinski definition) is 2. The number of halogens is 3. The van der Waals surface area contributed by atoms with Gasteiger partial charge in [0.1, 0.15) is 5.82 Å². The van der Waals surface area contributed by atoms with Gasteiger partial charge in [-0.05, 0) is 24.6 Å². The van der Waals surface area contributed by atoms with Crippen LogP contribution in [-0.2, 0) is 10.0 Å². The monoisotopic (exact) mass is 353 g/mol. The summed E-state index contributed by atoms with van der Waals surface area (Å²) in [5, 5.41) is 9.08. The zero-order valence-corrected chi connectivity index (χ0v) is 12.7. The van der Waals surface area contributed by atoms with Gasteiger partial charge in [-0.15, -0.1) is 0 Å². The van der Waals surface area contributed by atoms with Gasteiger partial charge in [-0.2, -0.15) is 13.2 Å². The molecule has 0 aliphatic heterocycles. The summed E-state index contributed by atoms with van der Waals surface area (Å²) in [6.07, 6.45) is -5.16. The van der Waals surface area contributed by atoms with Crippen molar-refractivity contribution in [3.05, 3.63) is 35.4 Å². The number of hydrogen-bond acceptors (Lipinski definition) is 4. The SMILES string of the molecule is Cc1ccnc(N(CCNS(=O)(=O)/C=C/C(F)(F)F)C(=O)O)c1. The second-order valence-electron chi connectivity index (χ2n) is 4.41. The number of alkyl halides is 3. The largest absolute Gasteiger partial charge is 0.465 e. The molecule has 23 heavy (non-hydrogen) atoms. The van der Waals surface area contributed by atoms with E-state index in [1.165, 1.54) is 12.3 Å². The van der Waals surface area contributed by atoms with Crippen LogP contribution in [0.5, 0.6) is 0 Å². The minimum Gasteiger partial charge on any atom is -0.465 e. The first kappa shape index (κ1) is 18.9. The lowest BCUT2D eigenvalue weighted by molar-refractivity contribution is -0.0797. The number of carboxylic acid groups (broad SMARTS) is 1. The molecule has 0 unspecified atom stereocenters. The van der Waals surface area contributed by atoms with Crippen molar-refractivity contribution in [2.45, 2.75) is 13.1 Å². The van der Waals surface area contributed by atoms with Crippen LogP contribution in [0.25, 0.3) is 0 Å². The van der Waals surface area contributed by atoms with Gasteiger partial charge in [0, 0.05) is 25.4 Å². The number of nitrogens with zero attached hydrogens (tertiary/aromatic N) is 2. The molecule has 0 aliphatic rings. The molecule has 1 rings (SSSR count). The Bertz CT molecular complexity index is 689. The standard InChI is InChI=1S/C12H14F3N3O4S/c1-9-2-4-16-10(8-9)18(11(19)20)6-5-17-23(21,22)7-3-12(13,14)15/h2-4,7-8,17H,5-6H2,1H3,(H,19,20)/b7-3+. The molecular weight excluding hydrogens is 339 g/mol. The van der Waals surface area contributed by atoms with E-state index in [0.717, 1.165) is 10.5 Å². The smallest absolute Gasteiger partial charge is 0.413 e. The molecule has 0 saturated carbocycles. The van der Waals surface area contributed by atoms with Crippen LogP contribution in [0, 0.1) is 6.92 Å². The second kappa shape index (κ2) is 7.42. The van der Waals surface area contributed by atoms with Crippen molar-refractivity contribution in [2.75, 3.05) is 18.0 Å². The molecule has 1 amide bonds. The number of allylic oxidation sites excluding steroid dienone is 1. The first-order valence-corrected chi connectivity index (χ1v) is 7.73. The quantitative estimate of drug-likeness (QED) is 0.813. The Kier molecular flexibility index (Phi) is 6.10. The summed E-state index contributed by atoms with van der Waals surface area (Å²) in [4.78, 5) is 15.8. The van der Waals surface area contributed by atoms with Crippen LogP contribution in [-0.4, -0.2) is 43.9 Å². The Balaban J connectivity index is 2.71. The van der Waals surface area contributed by atoms with Gasteiger partial charge >= 0.3 is 12.3 Å². The van der Waals surface area contributed by atoms with Gasteiger partial charge < -0.3 is 5.11 Å². The van der Waals surface area contributed by atoms with Crippen LogP contribution in [0.15, 0.2) is 29.8 Å². The number of anilines is 1. The molecular formula is C12H14F3N3O4S. The van der Waals surface area contributed by atoms with Crippen LogP contribution >= 0.6 is 0 Å². The van der Waals surface area contributed by atoms with Gasteiger partial charge in [-0.25, -0.2) is 22.9 Å². The van der Waals surface area contributed by atoms with Crippen molar-refractivity contribution < 1.29 is 31.5 Å². The zero-order chi connectivity index (χ0) is 17.7. The number of aromatic nitrogens is 1. The highest BCUT2D eigenvalue weighted by molar-refractivity contribution is 7.92. The number of sulfonamides is 1. The number of carbonyl (C=O) groups is 1. The summed E-state index contributed by atoms with van der Waals surface area (Å²) in [6.45, 7) is 0.993. The Morgan fingerprint density at radius 3 is 2.65 bits per heavy atom. The average Bonchev–Trinajstić information content (AvgIpc) is 2.40. The summed E-state index contributed by atoms with van der Waals surface area (Å²) in [5.74, 6) is 0.0857. The number of rotatable bonds is 6. The first-order chi connectivity index (χ1) is 10.5. The molecule has 1 heterocycles. The molecule has 11 heteroatoms. The van der Waals surface area contributed by atoms with Crippen LogP contribution in [0.4, 0.5) is 23.8 Å². The second-order valence-corrected chi connectivity index (χ2v) is 6.06. The topological polar surface area (TPSA) is 99.6 Å². The maximum absolute atomic E-state index is 11.9. The van der Waals surface area contributed by atoms with Crippen LogP contribution in [0.1, 0.15) is 5.56 Å². The van der Waals surface area contributed by atoms with E-state index in [1.807, 2.05) is 4.72 Å². The molecule has 0 radical (unpaired) electrons. The Hall–Kier alpha value is -2.14. The molecule has 0 aliphatic carbocycles. The Labute approximate surface area is 130 Å². The summed E-state index contributed by atoms with van der Waals surface area (Å²) < 4.78 is 60.3. The molecule has 0 fully saturated rings. The Morgan fingerprint density at radius 1 is 1.48 bits per heavy atom. The molecule has 0 spiro atoms. The molecule has 0 aromatic carbocycles. The molecule has 0 bridgehead atoms. The van der Waals surface area contributed by atoms with Crippen LogP contribution < -0.4 is 9.62 Å². The lowest BCUT2D eigenvalue weighted by Crippen LogP contribution is -2.38. The fourth-order valence-electron chi connectivity index (χ4n) is 1.49. The lowest BCUT2D eigenvalue weighted by atomic mass is 10.3. The third kappa shape index (κ3) is 7.10. The third-order valence-electron chi connectivity index (χ3n) is 2.48. The maximum atomic E-state index is 11.9. The summed E-state index contributed by atoms with van der Waals surface area (Å²) in [7, 11) is -4.32. The van der Waals surface area contributed by atoms with E-state index in [2.05, 4.69) is 4.98 Å². The molecule has 7 nitrogen and oxygen atoms in total. The molecule has 0 atom stereocenters. The lowest BCUT2D eigenvalue weighted by Gasteiger charge is -2.18. The number of aryl methyl sites for hydroxylation is 1. The number of pyridine rings is 1. The molecule has 2 N–H and O–H groups in total. The van der Waals surface area contributed by atoms with Crippen molar-refractivity contribution in [3.63, 3.8) is 0 Å². The molecule has 128 valence electrons. The summed E-state index contributed by atoms with van der Waals surface area (Å²) >= 11 is 0. The van der Waals surface area contributed by atoms with E-state index in [0.29, 0.717) is 0 Å². The van der Waals surface area contributed by atoms with Crippen molar-refractivity contribution in [1.29, 1.82) is 0 Å². The van der Waals surface area contributed by atoms with Gasteiger partial charge in [-0.1, -0.05) is 0 Å². The fourth-order valence-corrected chi connectivity index (χ4v) is 2.30.